The first kappa shape index (κ1) is 22.8. The Kier molecular flexibility index (Phi) is 7.68. The van der Waals surface area contributed by atoms with Crippen molar-refractivity contribution in [1.82, 2.24) is 4.31 Å². The van der Waals surface area contributed by atoms with E-state index < -0.39 is 15.9 Å². The second-order valence-electron chi connectivity index (χ2n) is 6.72. The molecule has 0 saturated heterocycles. The molecule has 3 aromatic rings. The third-order valence-corrected chi connectivity index (χ3v) is 6.48. The number of carbonyl (C=O) groups excluding carboxylic acids is 1. The van der Waals surface area contributed by atoms with E-state index >= 15 is 0 Å². The van der Waals surface area contributed by atoms with Crippen molar-refractivity contribution in [3.63, 3.8) is 0 Å². The second-order valence-corrected chi connectivity index (χ2v) is 9.09. The number of hydrogen-bond acceptors (Lipinski definition) is 4. The Hall–Kier alpha value is -2.87. The lowest BCUT2D eigenvalue weighted by atomic mass is 10.2. The Labute approximate surface area is 187 Å². The van der Waals surface area contributed by atoms with E-state index in [2.05, 4.69) is 5.32 Å². The number of nitrogens with one attached hydrogen (secondary N) is 1. The van der Waals surface area contributed by atoms with E-state index in [1.807, 2.05) is 6.92 Å². The van der Waals surface area contributed by atoms with E-state index in [1.54, 1.807) is 66.7 Å². The highest BCUT2D eigenvalue weighted by Gasteiger charge is 2.26. The van der Waals surface area contributed by atoms with Gasteiger partial charge in [-0.25, -0.2) is 8.42 Å². The third kappa shape index (κ3) is 6.30. The van der Waals surface area contributed by atoms with Gasteiger partial charge in [0.15, 0.2) is 0 Å². The van der Waals surface area contributed by atoms with Crippen LogP contribution in [0.4, 0.5) is 5.69 Å². The highest BCUT2D eigenvalue weighted by Crippen LogP contribution is 2.20. The van der Waals surface area contributed by atoms with Crippen LogP contribution in [0.2, 0.25) is 5.02 Å². The number of anilines is 1. The summed E-state index contributed by atoms with van der Waals surface area (Å²) in [7, 11) is -3.89. The molecule has 6 nitrogen and oxygen atoms in total. The molecule has 8 heteroatoms. The lowest BCUT2D eigenvalue weighted by Crippen LogP contribution is -2.37. The molecule has 0 bridgehead atoms. The predicted molar refractivity (Wildman–Crippen MR) is 122 cm³/mol. The number of rotatable bonds is 9. The topological polar surface area (TPSA) is 75.7 Å². The van der Waals surface area contributed by atoms with Gasteiger partial charge in [-0.2, -0.15) is 4.31 Å². The fourth-order valence-electron chi connectivity index (χ4n) is 2.92. The Morgan fingerprint density at radius 2 is 1.61 bits per heavy atom. The number of hydrogen-bond donors (Lipinski definition) is 1. The normalized spacial score (nSPS) is 11.3. The van der Waals surface area contributed by atoms with Crippen LogP contribution in [0.25, 0.3) is 0 Å². The van der Waals surface area contributed by atoms with Gasteiger partial charge >= 0.3 is 0 Å². The summed E-state index contributed by atoms with van der Waals surface area (Å²) in [6.45, 7) is 2.12. The SMILES string of the molecule is CCOc1ccc(NC(=O)CN(Cc2ccc(Cl)cc2)S(=O)(=O)c2ccccc2)cc1. The van der Waals surface area contributed by atoms with Crippen LogP contribution < -0.4 is 10.1 Å². The Morgan fingerprint density at radius 1 is 0.968 bits per heavy atom. The summed E-state index contributed by atoms with van der Waals surface area (Å²) < 4.78 is 33.0. The highest BCUT2D eigenvalue weighted by atomic mass is 35.5. The molecule has 0 aliphatic carbocycles. The van der Waals surface area contributed by atoms with Crippen LogP contribution in [0.1, 0.15) is 12.5 Å². The number of sulfonamides is 1. The number of ether oxygens (including phenoxy) is 1. The van der Waals surface area contributed by atoms with E-state index in [-0.39, 0.29) is 18.0 Å². The smallest absolute Gasteiger partial charge is 0.243 e. The minimum absolute atomic E-state index is 0.0328. The number of amides is 1. The molecule has 3 aromatic carbocycles. The van der Waals surface area contributed by atoms with Gasteiger partial charge in [-0.1, -0.05) is 41.9 Å². The third-order valence-electron chi connectivity index (χ3n) is 4.42. The zero-order chi connectivity index (χ0) is 22.3. The van der Waals surface area contributed by atoms with E-state index in [1.165, 1.54) is 12.1 Å². The van der Waals surface area contributed by atoms with Crippen molar-refractivity contribution in [1.29, 1.82) is 0 Å². The van der Waals surface area contributed by atoms with Gasteiger partial charge in [-0.15, -0.1) is 0 Å². The van der Waals surface area contributed by atoms with Crippen molar-refractivity contribution >= 4 is 33.2 Å². The van der Waals surface area contributed by atoms with Crippen molar-refractivity contribution in [2.45, 2.75) is 18.4 Å². The lowest BCUT2D eigenvalue weighted by molar-refractivity contribution is -0.116. The Bertz CT molecular complexity index is 1100. The maximum Gasteiger partial charge on any atom is 0.243 e. The maximum absolute atomic E-state index is 13.2. The zero-order valence-electron chi connectivity index (χ0n) is 17.0. The standard InChI is InChI=1S/C23H23ClN2O4S/c1-2-30-21-14-12-20(13-15-21)25-23(27)17-26(16-18-8-10-19(24)11-9-18)31(28,29)22-6-4-3-5-7-22/h3-15H,2,16-17H2,1H3,(H,25,27). The van der Waals surface area contributed by atoms with Crippen LogP contribution in [0.3, 0.4) is 0 Å². The minimum atomic E-state index is -3.89. The summed E-state index contributed by atoms with van der Waals surface area (Å²) in [5, 5.41) is 3.29. The lowest BCUT2D eigenvalue weighted by Gasteiger charge is -2.22. The molecular weight excluding hydrogens is 436 g/mol. The highest BCUT2D eigenvalue weighted by molar-refractivity contribution is 7.89. The number of benzene rings is 3. The molecule has 3 rings (SSSR count). The van der Waals surface area contributed by atoms with Crippen LogP contribution in [-0.2, 0) is 21.4 Å². The molecule has 31 heavy (non-hydrogen) atoms. The van der Waals surface area contributed by atoms with Gasteiger partial charge in [-0.05, 0) is 61.0 Å². The van der Waals surface area contributed by atoms with Crippen LogP contribution in [-0.4, -0.2) is 31.8 Å². The minimum Gasteiger partial charge on any atom is -0.494 e. The molecule has 0 unspecified atom stereocenters. The Morgan fingerprint density at radius 3 is 2.23 bits per heavy atom. The van der Waals surface area contributed by atoms with E-state index in [4.69, 9.17) is 16.3 Å². The molecule has 0 radical (unpaired) electrons. The zero-order valence-corrected chi connectivity index (χ0v) is 18.6. The van der Waals surface area contributed by atoms with Gasteiger partial charge in [0.2, 0.25) is 15.9 Å². The van der Waals surface area contributed by atoms with Crippen LogP contribution in [0.5, 0.6) is 5.75 Å². The number of carbonyl (C=O) groups is 1. The van der Waals surface area contributed by atoms with Gasteiger partial charge < -0.3 is 10.1 Å². The van der Waals surface area contributed by atoms with E-state index in [9.17, 15) is 13.2 Å². The largest absolute Gasteiger partial charge is 0.494 e. The van der Waals surface area contributed by atoms with Crippen molar-refractivity contribution in [2.24, 2.45) is 0 Å². The fourth-order valence-corrected chi connectivity index (χ4v) is 4.45. The number of halogens is 1. The molecule has 0 aliphatic heterocycles. The predicted octanol–water partition coefficient (Wildman–Crippen LogP) is 4.57. The summed E-state index contributed by atoms with van der Waals surface area (Å²) in [6, 6.07) is 21.8. The summed E-state index contributed by atoms with van der Waals surface area (Å²) in [5.41, 5.74) is 1.27. The van der Waals surface area contributed by atoms with E-state index in [0.29, 0.717) is 23.1 Å². The van der Waals surface area contributed by atoms with Crippen molar-refractivity contribution in [3.05, 3.63) is 89.4 Å². The number of nitrogens with zero attached hydrogens (tertiary/aromatic N) is 1. The summed E-state index contributed by atoms with van der Waals surface area (Å²) in [4.78, 5) is 12.8. The second kappa shape index (κ2) is 10.4. The maximum atomic E-state index is 13.2. The van der Waals surface area contributed by atoms with Gasteiger partial charge in [0.25, 0.3) is 0 Å². The van der Waals surface area contributed by atoms with Crippen molar-refractivity contribution in [3.8, 4) is 5.75 Å². The summed E-state index contributed by atoms with van der Waals surface area (Å²) >= 11 is 5.93. The molecule has 0 aromatic heterocycles. The first-order valence-corrected chi connectivity index (χ1v) is 11.5. The quantitative estimate of drug-likeness (QED) is 0.509. The molecular formula is C23H23ClN2O4S. The summed E-state index contributed by atoms with van der Waals surface area (Å²) in [6.07, 6.45) is 0. The molecule has 0 aliphatic rings. The van der Waals surface area contributed by atoms with Gasteiger partial charge in [0.1, 0.15) is 5.75 Å². The molecule has 0 saturated carbocycles. The van der Waals surface area contributed by atoms with Crippen LogP contribution in [0, 0.1) is 0 Å². The van der Waals surface area contributed by atoms with Crippen molar-refractivity contribution < 1.29 is 17.9 Å². The molecule has 1 amide bonds. The molecule has 1 N–H and O–H groups in total. The first-order chi connectivity index (χ1) is 14.9. The molecule has 0 atom stereocenters. The van der Waals surface area contributed by atoms with Gasteiger partial charge in [0, 0.05) is 17.3 Å². The van der Waals surface area contributed by atoms with Crippen LogP contribution in [0.15, 0.2) is 83.8 Å². The summed E-state index contributed by atoms with van der Waals surface area (Å²) in [5.74, 6) is 0.245. The average molecular weight is 459 g/mol. The molecule has 0 spiro atoms. The van der Waals surface area contributed by atoms with Gasteiger partial charge in [0.05, 0.1) is 18.0 Å². The van der Waals surface area contributed by atoms with E-state index in [0.717, 1.165) is 9.87 Å². The van der Waals surface area contributed by atoms with Crippen LogP contribution >= 0.6 is 11.6 Å². The molecule has 0 fully saturated rings. The first-order valence-electron chi connectivity index (χ1n) is 9.71. The Balaban J connectivity index is 1.80. The molecule has 0 heterocycles. The fraction of sp³-hybridized carbons (Fsp3) is 0.174. The monoisotopic (exact) mass is 458 g/mol. The molecule has 162 valence electrons. The average Bonchev–Trinajstić information content (AvgIpc) is 2.77. The van der Waals surface area contributed by atoms with Gasteiger partial charge in [-0.3, -0.25) is 4.79 Å². The van der Waals surface area contributed by atoms with Crippen molar-refractivity contribution in [2.75, 3.05) is 18.5 Å².